The van der Waals surface area contributed by atoms with Crippen LogP contribution in [0, 0.1) is 20.8 Å². The molecule has 1 aromatic heterocycles. The molecule has 0 N–H and O–H groups in total. The fourth-order valence-corrected chi connectivity index (χ4v) is 1.46. The van der Waals surface area contributed by atoms with Crippen LogP contribution in [0.2, 0.25) is 0 Å². The van der Waals surface area contributed by atoms with E-state index in [0.29, 0.717) is 0 Å². The van der Waals surface area contributed by atoms with Gasteiger partial charge in [0.1, 0.15) is 0 Å². The van der Waals surface area contributed by atoms with Gasteiger partial charge in [0, 0.05) is 24.0 Å². The van der Waals surface area contributed by atoms with Gasteiger partial charge in [-0.05, 0) is 44.4 Å². The van der Waals surface area contributed by atoms with Crippen molar-refractivity contribution >= 4 is 11.6 Å². The highest BCUT2D eigenvalue weighted by Crippen LogP contribution is 2.16. The summed E-state index contributed by atoms with van der Waals surface area (Å²) in [6.45, 7) is 9.37. The Morgan fingerprint density at radius 2 is 2.08 bits per heavy atom. The molecule has 1 nitrogen and oxygen atoms in total. The number of halogens is 1. The predicted molar refractivity (Wildman–Crippen MR) is 58.3 cm³/mol. The molecule has 0 aromatic carbocycles. The Labute approximate surface area is 85.0 Å². The first-order chi connectivity index (χ1) is 6.06. The highest BCUT2D eigenvalue weighted by molar-refractivity contribution is 6.25. The van der Waals surface area contributed by atoms with Crippen LogP contribution in [0.4, 0.5) is 0 Å². The van der Waals surface area contributed by atoms with Gasteiger partial charge >= 0.3 is 0 Å². The number of aromatic nitrogens is 1. The van der Waals surface area contributed by atoms with Crippen LogP contribution in [-0.2, 0) is 6.54 Å². The summed E-state index contributed by atoms with van der Waals surface area (Å²) >= 11 is 5.63. The smallest absolute Gasteiger partial charge is 0.0441 e. The lowest BCUT2D eigenvalue weighted by atomic mass is 10.2. The average molecular weight is 198 g/mol. The van der Waals surface area contributed by atoms with Gasteiger partial charge in [-0.25, -0.2) is 0 Å². The first kappa shape index (κ1) is 10.4. The summed E-state index contributed by atoms with van der Waals surface area (Å²) in [5.74, 6) is 0. The lowest BCUT2D eigenvalue weighted by Crippen LogP contribution is -1.99. The van der Waals surface area contributed by atoms with Crippen molar-refractivity contribution in [1.82, 2.24) is 4.57 Å². The molecule has 0 atom stereocenters. The van der Waals surface area contributed by atoms with Crippen molar-refractivity contribution in [3.05, 3.63) is 34.1 Å². The van der Waals surface area contributed by atoms with Gasteiger partial charge in [-0.3, -0.25) is 0 Å². The van der Waals surface area contributed by atoms with Crippen molar-refractivity contribution in [2.24, 2.45) is 0 Å². The zero-order valence-electron chi connectivity index (χ0n) is 8.69. The zero-order chi connectivity index (χ0) is 10.0. The maximum Gasteiger partial charge on any atom is 0.0441 e. The molecule has 0 saturated heterocycles. The summed E-state index contributed by atoms with van der Waals surface area (Å²) < 4.78 is 2.24. The van der Waals surface area contributed by atoms with E-state index in [2.05, 4.69) is 31.5 Å². The van der Waals surface area contributed by atoms with Crippen LogP contribution in [-0.4, -0.2) is 4.57 Å². The highest BCUT2D eigenvalue weighted by atomic mass is 35.5. The van der Waals surface area contributed by atoms with Crippen LogP contribution in [0.25, 0.3) is 0 Å². The minimum atomic E-state index is 0.893. The van der Waals surface area contributed by atoms with Gasteiger partial charge in [-0.2, -0.15) is 0 Å². The second kappa shape index (κ2) is 4.01. The van der Waals surface area contributed by atoms with Gasteiger partial charge in [0.25, 0.3) is 0 Å². The van der Waals surface area contributed by atoms with Crippen LogP contribution < -0.4 is 0 Å². The van der Waals surface area contributed by atoms with Crippen LogP contribution in [0.3, 0.4) is 0 Å². The highest BCUT2D eigenvalue weighted by Gasteiger charge is 2.04. The topological polar surface area (TPSA) is 4.93 Å². The maximum atomic E-state index is 5.63. The molecule has 0 radical (unpaired) electrons. The van der Waals surface area contributed by atoms with E-state index >= 15 is 0 Å². The van der Waals surface area contributed by atoms with E-state index in [1.165, 1.54) is 22.4 Å². The summed E-state index contributed by atoms with van der Waals surface area (Å²) in [5.41, 5.74) is 6.88. The second-order valence-corrected chi connectivity index (χ2v) is 3.82. The molecule has 1 rings (SSSR count). The fourth-order valence-electron chi connectivity index (χ4n) is 1.40. The zero-order valence-corrected chi connectivity index (χ0v) is 9.44. The van der Waals surface area contributed by atoms with Crippen molar-refractivity contribution in [2.45, 2.75) is 34.2 Å². The molecule has 0 aliphatic heterocycles. The first-order valence-corrected chi connectivity index (χ1v) is 4.88. The van der Waals surface area contributed by atoms with Gasteiger partial charge in [-0.15, -0.1) is 0 Å². The lowest BCUT2D eigenvalue weighted by molar-refractivity contribution is 0.760. The Hall–Kier alpha value is -0.690. The summed E-state index contributed by atoms with van der Waals surface area (Å²) in [6.07, 6.45) is 2.18. The van der Waals surface area contributed by atoms with Crippen LogP contribution in [0.1, 0.15) is 23.7 Å². The Kier molecular flexibility index (Phi) is 3.21. The Bertz CT molecular complexity index is 334. The third kappa shape index (κ3) is 2.16. The standard InChI is InChI=1S/C11H16ClN/c1-8(5-12)6-13-7-9(2)10(3)11(13)4/h5,7H,6H2,1-4H3/b8-5-. The van der Waals surface area contributed by atoms with E-state index in [9.17, 15) is 0 Å². The first-order valence-electron chi connectivity index (χ1n) is 4.45. The van der Waals surface area contributed by atoms with E-state index in [0.717, 1.165) is 6.54 Å². The summed E-state index contributed by atoms with van der Waals surface area (Å²) in [5, 5.41) is 0. The molecule has 0 aliphatic rings. The Morgan fingerprint density at radius 3 is 2.46 bits per heavy atom. The van der Waals surface area contributed by atoms with Crippen molar-refractivity contribution in [3.63, 3.8) is 0 Å². The molecule has 0 spiro atoms. The molecule has 1 heterocycles. The molecular formula is C11H16ClN. The minimum absolute atomic E-state index is 0.893. The average Bonchev–Trinajstić information content (AvgIpc) is 2.34. The molecular weight excluding hydrogens is 182 g/mol. The van der Waals surface area contributed by atoms with E-state index in [1.807, 2.05) is 6.92 Å². The third-order valence-corrected chi connectivity index (χ3v) is 2.89. The number of aryl methyl sites for hydroxylation is 1. The van der Waals surface area contributed by atoms with E-state index in [1.54, 1.807) is 5.54 Å². The monoisotopic (exact) mass is 197 g/mol. The number of allylic oxidation sites excluding steroid dienone is 1. The van der Waals surface area contributed by atoms with Crippen LogP contribution in [0.5, 0.6) is 0 Å². The molecule has 0 aliphatic carbocycles. The van der Waals surface area contributed by atoms with E-state index in [4.69, 9.17) is 11.6 Å². The van der Waals surface area contributed by atoms with Gasteiger partial charge in [0.15, 0.2) is 0 Å². The summed E-state index contributed by atoms with van der Waals surface area (Å²) in [4.78, 5) is 0. The van der Waals surface area contributed by atoms with E-state index < -0.39 is 0 Å². The second-order valence-electron chi connectivity index (χ2n) is 3.61. The molecule has 1 aromatic rings. The molecule has 13 heavy (non-hydrogen) atoms. The van der Waals surface area contributed by atoms with Crippen molar-refractivity contribution < 1.29 is 0 Å². The predicted octanol–water partition coefficient (Wildman–Crippen LogP) is 3.56. The SMILES string of the molecule is C/C(=C/Cl)Cn1cc(C)c(C)c1C. The Balaban J connectivity index is 2.96. The van der Waals surface area contributed by atoms with Gasteiger partial charge in [-0.1, -0.05) is 11.6 Å². The van der Waals surface area contributed by atoms with Gasteiger partial charge in [0.05, 0.1) is 0 Å². The van der Waals surface area contributed by atoms with Crippen LogP contribution >= 0.6 is 11.6 Å². The van der Waals surface area contributed by atoms with Gasteiger partial charge < -0.3 is 4.57 Å². The summed E-state index contributed by atoms with van der Waals surface area (Å²) in [7, 11) is 0. The normalized spacial score (nSPS) is 12.2. The number of hydrogen-bond acceptors (Lipinski definition) is 0. The van der Waals surface area contributed by atoms with Crippen LogP contribution in [0.15, 0.2) is 17.3 Å². The van der Waals surface area contributed by atoms with Crippen molar-refractivity contribution in [2.75, 3.05) is 0 Å². The lowest BCUT2D eigenvalue weighted by Gasteiger charge is -2.05. The van der Waals surface area contributed by atoms with Crippen molar-refractivity contribution in [3.8, 4) is 0 Å². The Morgan fingerprint density at radius 1 is 1.46 bits per heavy atom. The van der Waals surface area contributed by atoms with E-state index in [-0.39, 0.29) is 0 Å². The number of hydrogen-bond donors (Lipinski definition) is 0. The third-order valence-electron chi connectivity index (χ3n) is 2.52. The minimum Gasteiger partial charge on any atom is -0.347 e. The molecule has 2 heteroatoms. The molecule has 72 valence electrons. The molecule has 0 amide bonds. The number of rotatable bonds is 2. The maximum absolute atomic E-state index is 5.63. The largest absolute Gasteiger partial charge is 0.347 e. The quantitative estimate of drug-likeness (QED) is 0.684. The molecule has 0 fully saturated rings. The van der Waals surface area contributed by atoms with Crippen molar-refractivity contribution in [1.29, 1.82) is 0 Å². The molecule has 0 saturated carbocycles. The molecule has 0 bridgehead atoms. The summed E-state index contributed by atoms with van der Waals surface area (Å²) in [6, 6.07) is 0. The fraction of sp³-hybridized carbons (Fsp3) is 0.455. The number of nitrogens with zero attached hydrogens (tertiary/aromatic N) is 1. The van der Waals surface area contributed by atoms with Gasteiger partial charge in [0.2, 0.25) is 0 Å². The molecule has 0 unspecified atom stereocenters.